The topological polar surface area (TPSA) is 70.4 Å². The lowest BCUT2D eigenvalue weighted by atomic mass is 10.1. The normalized spacial score (nSPS) is 11.5. The van der Waals surface area contributed by atoms with Gasteiger partial charge in [0.15, 0.2) is 5.82 Å². The molecule has 1 aromatic heterocycles. The highest BCUT2D eigenvalue weighted by atomic mass is 19.4. The molecule has 1 heterocycles. The zero-order valence-electron chi connectivity index (χ0n) is 17.2. The first-order valence-corrected chi connectivity index (χ1v) is 9.61. The molecule has 4 aromatic rings. The van der Waals surface area contributed by atoms with Gasteiger partial charge in [-0.05, 0) is 66.7 Å². The molecule has 0 aliphatic heterocycles. The summed E-state index contributed by atoms with van der Waals surface area (Å²) >= 11 is 0. The van der Waals surface area contributed by atoms with Crippen molar-refractivity contribution in [1.82, 2.24) is 9.71 Å². The van der Waals surface area contributed by atoms with E-state index >= 15 is 0 Å². The molecule has 0 radical (unpaired) electrons. The molecule has 0 unspecified atom stereocenters. The van der Waals surface area contributed by atoms with Crippen LogP contribution in [0.4, 0.5) is 24.5 Å². The predicted octanol–water partition coefficient (Wildman–Crippen LogP) is 5.28. The van der Waals surface area contributed by atoms with Gasteiger partial charge in [0.05, 0.1) is 11.1 Å². The van der Waals surface area contributed by atoms with E-state index < -0.39 is 11.7 Å². The number of halogens is 3. The van der Waals surface area contributed by atoms with E-state index in [1.54, 1.807) is 36.4 Å². The maximum Gasteiger partial charge on any atom is 0.416 e. The smallest absolute Gasteiger partial charge is 0.416 e. The fraction of sp³-hybridized carbons (Fsp3) is 0.130. The fourth-order valence-electron chi connectivity index (χ4n) is 3.24. The Balaban J connectivity index is 1.55. The van der Waals surface area contributed by atoms with Crippen LogP contribution in [-0.4, -0.2) is 34.9 Å². The Bertz CT molecular complexity index is 1280. The molecule has 0 saturated carbocycles. The quantitative estimate of drug-likeness (QED) is 0.424. The molecule has 2 N–H and O–H groups in total. The van der Waals surface area contributed by atoms with Gasteiger partial charge in [0.1, 0.15) is 5.52 Å². The maximum atomic E-state index is 13.0. The number of hydrogen-bond acceptors (Lipinski definition) is 4. The first kappa shape index (κ1) is 21.2. The van der Waals surface area contributed by atoms with E-state index in [1.807, 2.05) is 31.1 Å². The summed E-state index contributed by atoms with van der Waals surface area (Å²) in [5.41, 5.74) is 1.78. The van der Waals surface area contributed by atoms with E-state index in [2.05, 4.69) is 10.3 Å². The summed E-state index contributed by atoms with van der Waals surface area (Å²) in [6, 6.07) is 16.6. The number of alkyl halides is 3. The Morgan fingerprint density at radius 3 is 2.25 bits per heavy atom. The number of aromatic nitrogens is 2. The molecular formula is C23H19F3N4O2. The molecule has 164 valence electrons. The van der Waals surface area contributed by atoms with Crippen LogP contribution in [0.15, 0.2) is 66.7 Å². The van der Waals surface area contributed by atoms with Crippen LogP contribution < -0.4 is 10.2 Å². The number of nitrogens with zero attached hydrogens (tertiary/aromatic N) is 3. The van der Waals surface area contributed by atoms with Crippen molar-refractivity contribution in [3.63, 3.8) is 0 Å². The van der Waals surface area contributed by atoms with Crippen molar-refractivity contribution in [2.45, 2.75) is 6.18 Å². The number of anilines is 2. The summed E-state index contributed by atoms with van der Waals surface area (Å²) in [7, 11) is 3.82. The molecule has 0 aliphatic carbocycles. The summed E-state index contributed by atoms with van der Waals surface area (Å²) in [4.78, 5) is 18.6. The lowest BCUT2D eigenvalue weighted by Gasteiger charge is -2.12. The second kappa shape index (κ2) is 7.92. The number of benzene rings is 3. The minimum atomic E-state index is -4.52. The number of rotatable bonds is 4. The van der Waals surface area contributed by atoms with Crippen LogP contribution in [0.1, 0.15) is 15.9 Å². The van der Waals surface area contributed by atoms with Gasteiger partial charge < -0.3 is 15.4 Å². The third kappa shape index (κ3) is 4.09. The van der Waals surface area contributed by atoms with Gasteiger partial charge in [-0.15, -0.1) is 0 Å². The first-order chi connectivity index (χ1) is 15.1. The molecule has 0 spiro atoms. The van der Waals surface area contributed by atoms with Crippen LogP contribution in [0.5, 0.6) is 0 Å². The monoisotopic (exact) mass is 440 g/mol. The molecule has 9 heteroatoms. The average molecular weight is 440 g/mol. The van der Waals surface area contributed by atoms with Crippen LogP contribution in [0, 0.1) is 0 Å². The van der Waals surface area contributed by atoms with Gasteiger partial charge in [-0.2, -0.15) is 17.9 Å². The third-order valence-electron chi connectivity index (χ3n) is 5.00. The van der Waals surface area contributed by atoms with Gasteiger partial charge >= 0.3 is 6.18 Å². The van der Waals surface area contributed by atoms with Gasteiger partial charge in [0, 0.05) is 36.6 Å². The van der Waals surface area contributed by atoms with Crippen LogP contribution in [0.3, 0.4) is 0 Å². The largest absolute Gasteiger partial charge is 0.426 e. The summed E-state index contributed by atoms with van der Waals surface area (Å²) in [5.74, 6) is -0.186. The minimum Gasteiger partial charge on any atom is -0.426 e. The highest BCUT2D eigenvalue weighted by molar-refractivity contribution is 6.04. The molecule has 0 fully saturated rings. The number of hydrogen-bond donors (Lipinski definition) is 2. The molecule has 0 atom stereocenters. The van der Waals surface area contributed by atoms with Crippen molar-refractivity contribution in [3.05, 3.63) is 77.9 Å². The van der Waals surface area contributed by atoms with Crippen LogP contribution in [-0.2, 0) is 6.18 Å². The highest BCUT2D eigenvalue weighted by Gasteiger charge is 2.31. The van der Waals surface area contributed by atoms with Gasteiger partial charge in [0.25, 0.3) is 5.91 Å². The number of carbonyl (C=O) groups excluding carboxylic acids is 1. The fourth-order valence-corrected chi connectivity index (χ4v) is 3.24. The van der Waals surface area contributed by atoms with Gasteiger partial charge in [-0.1, -0.05) is 0 Å². The first-order valence-electron chi connectivity index (χ1n) is 9.61. The van der Waals surface area contributed by atoms with Crippen molar-refractivity contribution in [2.75, 3.05) is 24.3 Å². The molecule has 6 nitrogen and oxygen atoms in total. The minimum absolute atomic E-state index is 0.0478. The number of amides is 1. The molecule has 32 heavy (non-hydrogen) atoms. The number of carbonyl (C=O) groups is 1. The number of imidazole rings is 1. The van der Waals surface area contributed by atoms with Gasteiger partial charge in [0.2, 0.25) is 0 Å². The van der Waals surface area contributed by atoms with Crippen molar-refractivity contribution in [1.29, 1.82) is 0 Å². The standard InChI is InChI=1S/C23H19F3N4O2/c1-29(2)18-10-5-15(6-11-18)22(31)27-17-8-3-14(4-9-17)21-28-19-12-7-16(23(24,25)26)13-20(19)30(21)32/h3-13,32H,1-2H3,(H,27,31). The Labute approximate surface area is 181 Å². The van der Waals surface area contributed by atoms with E-state index in [-0.39, 0.29) is 22.8 Å². The second-order valence-corrected chi connectivity index (χ2v) is 7.42. The average Bonchev–Trinajstić information content (AvgIpc) is 3.09. The van der Waals surface area contributed by atoms with Crippen LogP contribution in [0.25, 0.3) is 22.4 Å². The maximum absolute atomic E-state index is 13.0. The lowest BCUT2D eigenvalue weighted by Crippen LogP contribution is -2.13. The number of fused-ring (bicyclic) bond motifs is 1. The molecule has 3 aromatic carbocycles. The highest BCUT2D eigenvalue weighted by Crippen LogP contribution is 2.32. The molecule has 1 amide bonds. The Hall–Kier alpha value is -4.01. The summed E-state index contributed by atoms with van der Waals surface area (Å²) in [5, 5.41) is 13.2. The predicted molar refractivity (Wildman–Crippen MR) is 116 cm³/mol. The van der Waals surface area contributed by atoms with Crippen molar-refractivity contribution in [2.24, 2.45) is 0 Å². The Morgan fingerprint density at radius 1 is 1.00 bits per heavy atom. The van der Waals surface area contributed by atoms with Crippen molar-refractivity contribution in [3.8, 4) is 11.4 Å². The Morgan fingerprint density at radius 2 is 1.66 bits per heavy atom. The zero-order chi connectivity index (χ0) is 23.0. The molecule has 0 bridgehead atoms. The van der Waals surface area contributed by atoms with E-state index in [4.69, 9.17) is 0 Å². The van der Waals surface area contributed by atoms with E-state index in [0.29, 0.717) is 21.5 Å². The SMILES string of the molecule is CN(C)c1ccc(C(=O)Nc2ccc(-c3nc4ccc(C(F)(F)F)cc4n3O)cc2)cc1. The van der Waals surface area contributed by atoms with E-state index in [9.17, 15) is 23.2 Å². The van der Waals surface area contributed by atoms with Crippen LogP contribution in [0.2, 0.25) is 0 Å². The number of nitrogens with one attached hydrogen (secondary N) is 1. The Kier molecular flexibility index (Phi) is 5.25. The van der Waals surface area contributed by atoms with E-state index in [0.717, 1.165) is 17.8 Å². The van der Waals surface area contributed by atoms with Gasteiger partial charge in [-0.3, -0.25) is 4.79 Å². The molecule has 0 aliphatic rings. The summed E-state index contributed by atoms with van der Waals surface area (Å²) < 4.78 is 39.5. The summed E-state index contributed by atoms with van der Waals surface area (Å²) in [6.07, 6.45) is -4.52. The zero-order valence-corrected chi connectivity index (χ0v) is 17.2. The van der Waals surface area contributed by atoms with Crippen LogP contribution >= 0.6 is 0 Å². The second-order valence-electron chi connectivity index (χ2n) is 7.42. The lowest BCUT2D eigenvalue weighted by molar-refractivity contribution is -0.137. The van der Waals surface area contributed by atoms with Gasteiger partial charge in [-0.25, -0.2) is 4.98 Å². The molecular weight excluding hydrogens is 421 g/mol. The van der Waals surface area contributed by atoms with E-state index in [1.165, 1.54) is 6.07 Å². The van der Waals surface area contributed by atoms with Crippen molar-refractivity contribution >= 4 is 28.3 Å². The third-order valence-corrected chi connectivity index (χ3v) is 5.00. The summed E-state index contributed by atoms with van der Waals surface area (Å²) in [6.45, 7) is 0. The van der Waals surface area contributed by atoms with Crippen molar-refractivity contribution < 1.29 is 23.2 Å². The molecule has 0 saturated heterocycles. The molecule has 4 rings (SSSR count).